The first kappa shape index (κ1) is 54.1. The molecule has 20 nitrogen and oxygen atoms in total. The summed E-state index contributed by atoms with van der Waals surface area (Å²) in [4.78, 5) is 28.1. The molecule has 0 aromatic carbocycles. The summed E-state index contributed by atoms with van der Waals surface area (Å²) in [6.07, 6.45) is 0.266. The molecule has 16 aliphatic heterocycles. The summed E-state index contributed by atoms with van der Waals surface area (Å²) < 4.78 is 103. The van der Waals surface area contributed by atoms with Crippen molar-refractivity contribution in [2.24, 2.45) is 29.6 Å². The topological polar surface area (TPSA) is 233 Å². The molecule has 442 valence electrons. The monoisotopic (exact) mass is 1110 g/mol. The second-order valence-corrected chi connectivity index (χ2v) is 27.8. The molecule has 20 heteroatoms. The zero-order valence-electron chi connectivity index (χ0n) is 46.5. The molecular formula is C59H86O20. The van der Waals surface area contributed by atoms with Crippen molar-refractivity contribution in [1.82, 2.24) is 0 Å². The van der Waals surface area contributed by atoms with Gasteiger partial charge >= 0.3 is 5.97 Å². The van der Waals surface area contributed by atoms with Crippen LogP contribution in [0.15, 0.2) is 0 Å². The molecule has 16 fully saturated rings. The Morgan fingerprint density at radius 2 is 1.13 bits per heavy atom. The molecule has 0 radical (unpaired) electrons. The summed E-state index contributed by atoms with van der Waals surface area (Å²) in [6, 6.07) is 0. The number of ketones is 1. The van der Waals surface area contributed by atoms with Gasteiger partial charge in [-0.15, -0.1) is 0 Å². The van der Waals surface area contributed by atoms with E-state index < -0.39 is 78.9 Å². The lowest BCUT2D eigenvalue weighted by atomic mass is 9.77. The third-order valence-corrected chi connectivity index (χ3v) is 22.3. The van der Waals surface area contributed by atoms with Crippen molar-refractivity contribution < 1.29 is 96.0 Å². The molecule has 0 aliphatic carbocycles. The first-order chi connectivity index (χ1) is 38.0. The Bertz CT molecular complexity index is 2290. The molecule has 0 amide bonds. The third kappa shape index (κ3) is 9.48. The van der Waals surface area contributed by atoms with E-state index in [0.29, 0.717) is 102 Å². The summed E-state index contributed by atoms with van der Waals surface area (Å²) in [5.74, 6) is -2.38. The van der Waals surface area contributed by atoms with Gasteiger partial charge in [-0.3, -0.25) is 9.59 Å². The minimum absolute atomic E-state index is 0.0290. The van der Waals surface area contributed by atoms with Crippen molar-refractivity contribution in [3.05, 3.63) is 0 Å². The fraction of sp³-hybridized carbons (Fsp3) is 0.966. The summed E-state index contributed by atoms with van der Waals surface area (Å²) >= 11 is 0. The van der Waals surface area contributed by atoms with Crippen molar-refractivity contribution in [3.63, 3.8) is 0 Å². The molecule has 16 aliphatic rings. The van der Waals surface area contributed by atoms with Crippen LogP contribution in [0, 0.1) is 29.6 Å². The second-order valence-electron chi connectivity index (χ2n) is 27.8. The highest BCUT2D eigenvalue weighted by molar-refractivity contribution is 5.85. The molecule has 3 spiro atoms. The quantitative estimate of drug-likeness (QED) is 0.338. The minimum Gasteiger partial charge on any atom is -0.459 e. The van der Waals surface area contributed by atoms with Crippen LogP contribution in [0.5, 0.6) is 0 Å². The van der Waals surface area contributed by atoms with Crippen LogP contribution in [0.25, 0.3) is 0 Å². The van der Waals surface area contributed by atoms with Crippen molar-refractivity contribution in [2.45, 2.75) is 320 Å². The van der Waals surface area contributed by atoms with Crippen LogP contribution in [-0.2, 0) is 80.6 Å². The van der Waals surface area contributed by atoms with Gasteiger partial charge in [-0.25, -0.2) is 0 Å². The summed E-state index contributed by atoms with van der Waals surface area (Å²) in [7, 11) is 0. The first-order valence-electron chi connectivity index (χ1n) is 31.0. The molecule has 3 N–H and O–H groups in total. The number of ether oxygens (including phenoxy) is 15. The Kier molecular flexibility index (Phi) is 13.9. The van der Waals surface area contributed by atoms with Crippen LogP contribution in [0.1, 0.15) is 150 Å². The lowest BCUT2D eigenvalue weighted by Crippen LogP contribution is -2.62. The number of carbonyl (C=O) groups is 2. The minimum atomic E-state index is -1.02. The van der Waals surface area contributed by atoms with Gasteiger partial charge in [0.25, 0.3) is 0 Å². The molecule has 16 heterocycles. The van der Waals surface area contributed by atoms with Gasteiger partial charge in [-0.05, 0) is 62.2 Å². The first-order valence-corrected chi connectivity index (χ1v) is 31.0. The molecule has 9 unspecified atom stereocenters. The summed E-state index contributed by atoms with van der Waals surface area (Å²) in [6.45, 7) is 10.6. The lowest BCUT2D eigenvalue weighted by molar-refractivity contribution is -0.347. The zero-order chi connectivity index (χ0) is 54.0. The van der Waals surface area contributed by atoms with Crippen molar-refractivity contribution in [3.8, 4) is 0 Å². The number of aliphatic hydroxyl groups excluding tert-OH is 3. The van der Waals surface area contributed by atoms with E-state index in [1.165, 1.54) is 0 Å². The molecule has 0 saturated carbocycles. The van der Waals surface area contributed by atoms with Gasteiger partial charge in [0.1, 0.15) is 42.7 Å². The van der Waals surface area contributed by atoms with Crippen molar-refractivity contribution in [2.75, 3.05) is 6.61 Å². The number of hydrogen-bond donors (Lipinski definition) is 3. The number of aliphatic hydroxyl groups is 3. The van der Waals surface area contributed by atoms with Crippen LogP contribution < -0.4 is 0 Å². The van der Waals surface area contributed by atoms with Crippen LogP contribution in [-0.4, -0.2) is 204 Å². The van der Waals surface area contributed by atoms with Gasteiger partial charge in [-0.1, -0.05) is 34.6 Å². The maximum absolute atomic E-state index is 14.6. The number of rotatable bonds is 4. The third-order valence-electron chi connectivity index (χ3n) is 22.3. The molecule has 16 saturated heterocycles. The molecule has 12 bridgehead atoms. The van der Waals surface area contributed by atoms with E-state index in [4.69, 9.17) is 71.1 Å². The smallest absolute Gasteiger partial charge is 0.308 e. The van der Waals surface area contributed by atoms with E-state index in [-0.39, 0.29) is 146 Å². The molecule has 33 atom stereocenters. The molecule has 0 aromatic rings. The lowest BCUT2D eigenvalue weighted by Gasteiger charge is -2.51. The maximum Gasteiger partial charge on any atom is 0.308 e. The van der Waals surface area contributed by atoms with Crippen LogP contribution in [0.2, 0.25) is 0 Å². The van der Waals surface area contributed by atoms with E-state index in [1.807, 2.05) is 0 Å². The average molecular weight is 1120 g/mol. The van der Waals surface area contributed by atoms with Crippen LogP contribution in [0.3, 0.4) is 0 Å². The fourth-order valence-electron chi connectivity index (χ4n) is 18.3. The van der Waals surface area contributed by atoms with Gasteiger partial charge in [0.05, 0.1) is 123 Å². The normalized spacial score (nSPS) is 58.1. The van der Waals surface area contributed by atoms with E-state index in [0.717, 1.165) is 6.42 Å². The predicted octanol–water partition coefficient (Wildman–Crippen LogP) is 4.02. The van der Waals surface area contributed by atoms with Gasteiger partial charge < -0.3 is 86.4 Å². The van der Waals surface area contributed by atoms with Crippen molar-refractivity contribution >= 4 is 11.8 Å². The van der Waals surface area contributed by atoms with E-state index in [1.54, 1.807) is 0 Å². The van der Waals surface area contributed by atoms with Gasteiger partial charge in [0.2, 0.25) is 0 Å². The average Bonchev–Trinajstić information content (AvgIpc) is 4.45. The zero-order valence-corrected chi connectivity index (χ0v) is 46.5. The number of fused-ring (bicyclic) bond motifs is 10. The number of esters is 1. The Morgan fingerprint density at radius 3 is 1.97 bits per heavy atom. The van der Waals surface area contributed by atoms with Gasteiger partial charge in [0.15, 0.2) is 23.1 Å². The summed E-state index contributed by atoms with van der Waals surface area (Å²) in [5, 5.41) is 30.3. The highest BCUT2D eigenvalue weighted by atomic mass is 16.8. The highest BCUT2D eigenvalue weighted by Gasteiger charge is 2.70. The fourth-order valence-corrected chi connectivity index (χ4v) is 18.3. The molecule has 79 heavy (non-hydrogen) atoms. The van der Waals surface area contributed by atoms with Crippen LogP contribution >= 0.6 is 0 Å². The maximum atomic E-state index is 14.6. The van der Waals surface area contributed by atoms with E-state index in [9.17, 15) is 24.9 Å². The highest BCUT2D eigenvalue weighted by Crippen LogP contribution is 2.58. The molecule has 16 rings (SSSR count). The largest absolute Gasteiger partial charge is 0.459 e. The number of Topliss-reactive ketones (excluding diaryl/α,β-unsaturated/α-hetero) is 1. The van der Waals surface area contributed by atoms with Crippen molar-refractivity contribution in [1.29, 1.82) is 0 Å². The summed E-state index contributed by atoms with van der Waals surface area (Å²) in [5.41, 5.74) is 0. The predicted molar refractivity (Wildman–Crippen MR) is 270 cm³/mol. The second kappa shape index (κ2) is 20.3. The van der Waals surface area contributed by atoms with E-state index >= 15 is 0 Å². The Hall–Kier alpha value is -1.54. The number of hydrogen-bond acceptors (Lipinski definition) is 20. The number of carbonyl (C=O) groups excluding carboxylic acids is 2. The standard InChI is InChI=1S/C59H86O20/c1-25-12-31-6-8-36-35(63)14-33(65-36)10-11-57-22-45-53(78-57)54-55(72-45)56(79-57)52-37(69-54)9-7-32(67-52)15-47(64)73-51-29(5)50-42(68-41(51)16-38(66-31)28(25)4)18-40-44(71-50)21-59(74-40)23-46-49(77-59)27(3)20-58(76-46)19-26(2)48-43(75-58)17-39(70-48)34(62)13-30(61)24-60/h25-34,36-46,48-56,60-62H,6-24H2,1-5H3/t25-,26+,27+,28?,29+,30?,31+,32-,33+,34?,36+,37+,38?,39+,40-,41?,42+,43?,44-,45+,46?,48?,49?,50+,51-,52+,53-,54+,55-,56+,57+,58-,59+/m1/s1. The Labute approximate surface area is 462 Å². The van der Waals surface area contributed by atoms with Gasteiger partial charge in [-0.2, -0.15) is 0 Å². The van der Waals surface area contributed by atoms with Gasteiger partial charge in [0, 0.05) is 76.5 Å². The molecule has 0 aromatic heterocycles. The van der Waals surface area contributed by atoms with Crippen LogP contribution in [0.4, 0.5) is 0 Å². The Morgan fingerprint density at radius 1 is 0.456 bits per heavy atom. The SMILES string of the molecule is CC1C2CC3O[C@H]4C[C@H]5O[C@@]6(CC7O[C@]8(C[C@H](C)C9O[C@H](C(O)CC(O)CO)CC9O8)C[C@H](C)C7O6)C[C@H]5O[C@H]4[C@H](C)[C@H]3OC(=O)C[C@H]3CC[C@@H]4O[C@@H]5[C@H]6O[C@H]7C[C@](CC[C@H]8CC(=O)[C@H](CC[C@@H](C[C@H]1C)O2)O8)(O[C@H]6[C@H]4O3)O[C@@H]57. The Balaban J connectivity index is 0.655. The molecular weight excluding hydrogens is 1030 g/mol. The van der Waals surface area contributed by atoms with E-state index in [2.05, 4.69) is 34.6 Å².